The molecule has 18 heavy (non-hydrogen) atoms. The van der Waals surface area contributed by atoms with Crippen molar-refractivity contribution in [3.05, 3.63) is 12.7 Å². The summed E-state index contributed by atoms with van der Waals surface area (Å²) < 4.78 is 0. The van der Waals surface area contributed by atoms with Crippen LogP contribution in [0.2, 0.25) is 0 Å². The molecule has 0 fully saturated rings. The third-order valence-electron chi connectivity index (χ3n) is 1.52. The fourth-order valence-corrected chi connectivity index (χ4v) is 0.300. The Labute approximate surface area is 108 Å². The maximum Gasteiger partial charge on any atom is 0.327 e. The zero-order chi connectivity index (χ0) is 15.2. The van der Waals surface area contributed by atoms with Gasteiger partial charge in [0.15, 0.2) is 0 Å². The van der Waals surface area contributed by atoms with Gasteiger partial charge in [0.1, 0.15) is 0 Å². The van der Waals surface area contributed by atoms with E-state index < -0.39 is 37.8 Å². The molecule has 110 valence electrons. The first-order valence-corrected chi connectivity index (χ1v) is 5.15. The molecule has 0 rings (SSSR count). The first-order valence-electron chi connectivity index (χ1n) is 5.15. The molecule has 0 aromatic carbocycles. The summed E-state index contributed by atoms with van der Waals surface area (Å²) >= 11 is 0. The van der Waals surface area contributed by atoms with Gasteiger partial charge in [-0.2, -0.15) is 0 Å². The number of nitrogens with zero attached hydrogens (tertiary/aromatic N) is 1. The van der Waals surface area contributed by atoms with Gasteiger partial charge in [-0.15, -0.1) is 0 Å². The van der Waals surface area contributed by atoms with Gasteiger partial charge in [-0.1, -0.05) is 6.58 Å². The molecule has 0 aliphatic rings. The van der Waals surface area contributed by atoms with Crippen LogP contribution < -0.4 is 0 Å². The van der Waals surface area contributed by atoms with Crippen molar-refractivity contribution in [2.75, 3.05) is 47.6 Å². The minimum absolute atomic E-state index is 0.406. The van der Waals surface area contributed by atoms with Gasteiger partial charge < -0.3 is 30.4 Å². The van der Waals surface area contributed by atoms with Crippen molar-refractivity contribution in [2.24, 2.45) is 5.41 Å². The quantitative estimate of drug-likeness (QED) is 0.379. The molecular formula is C11H25NO6. The third kappa shape index (κ3) is 17.4. The largest absolute Gasteiger partial charge is 0.478 e. The Hall–Kier alpha value is -0.990. The Morgan fingerprint density at radius 3 is 1.22 bits per heavy atom. The van der Waals surface area contributed by atoms with Crippen molar-refractivity contribution in [3.8, 4) is 0 Å². The average molecular weight is 267 g/mol. The summed E-state index contributed by atoms with van der Waals surface area (Å²) in [5.41, 5.74) is -1.11. The Balaban J connectivity index is -0.000000212. The monoisotopic (exact) mass is 267 g/mol. The van der Waals surface area contributed by atoms with Crippen LogP contribution in [0.1, 0.15) is 0 Å². The minimum Gasteiger partial charge on any atom is -0.478 e. The molecule has 0 aromatic rings. The average Bonchev–Trinajstić information content (AvgIpc) is 2.33. The van der Waals surface area contributed by atoms with Crippen LogP contribution in [0.5, 0.6) is 0 Å². The van der Waals surface area contributed by atoms with E-state index in [2.05, 4.69) is 6.58 Å². The van der Waals surface area contributed by atoms with Gasteiger partial charge >= 0.3 is 5.97 Å². The van der Waals surface area contributed by atoms with Crippen LogP contribution in [0.3, 0.4) is 0 Å². The molecule has 0 bridgehead atoms. The van der Waals surface area contributed by atoms with Crippen molar-refractivity contribution >= 4 is 5.97 Å². The fraction of sp³-hybridized carbons (Fsp3) is 0.727. The second-order valence-corrected chi connectivity index (χ2v) is 4.02. The van der Waals surface area contributed by atoms with Crippen molar-refractivity contribution in [1.82, 2.24) is 4.90 Å². The van der Waals surface area contributed by atoms with E-state index >= 15 is 0 Å². The molecule has 7 nitrogen and oxygen atoms in total. The number of hydrogen-bond acceptors (Lipinski definition) is 6. The van der Waals surface area contributed by atoms with Crippen molar-refractivity contribution in [1.29, 1.82) is 0 Å². The zero-order valence-electron chi connectivity index (χ0n) is 11.2. The molecule has 0 radical (unpaired) electrons. The predicted molar refractivity (Wildman–Crippen MR) is 68.2 cm³/mol. The van der Waals surface area contributed by atoms with Gasteiger partial charge in [0.2, 0.25) is 0 Å². The van der Waals surface area contributed by atoms with E-state index in [1.165, 1.54) is 0 Å². The highest BCUT2D eigenvalue weighted by Gasteiger charge is 2.26. The minimum atomic E-state index is -1.11. The molecule has 0 unspecified atom stereocenters. The Kier molecular flexibility index (Phi) is 17.4. The highest BCUT2D eigenvalue weighted by atomic mass is 16.4. The Morgan fingerprint density at radius 2 is 1.22 bits per heavy atom. The lowest BCUT2D eigenvalue weighted by molar-refractivity contribution is -0.131. The molecule has 0 spiro atoms. The standard InChI is InChI=1S/C5H12O4.C3H9N.C3H4O2/c6-1-5(2-7,3-8)4-9;1-4(2)3;1-2-3(4)5/h6-9H,1-4H2;1-3H3;2H,1H2,(H,4,5). The van der Waals surface area contributed by atoms with Crippen LogP contribution >= 0.6 is 0 Å². The Morgan fingerprint density at radius 1 is 1.06 bits per heavy atom. The molecule has 0 aromatic heterocycles. The molecule has 0 heterocycles. The molecular weight excluding hydrogens is 242 g/mol. The molecule has 0 atom stereocenters. The van der Waals surface area contributed by atoms with Crippen LogP contribution in [0, 0.1) is 5.41 Å². The van der Waals surface area contributed by atoms with Gasteiger partial charge in [-0.25, -0.2) is 4.79 Å². The zero-order valence-corrected chi connectivity index (χ0v) is 11.2. The van der Waals surface area contributed by atoms with Crippen molar-refractivity contribution < 1.29 is 30.3 Å². The number of aliphatic carboxylic acids is 1. The van der Waals surface area contributed by atoms with E-state index in [0.29, 0.717) is 0 Å². The number of aliphatic hydroxyl groups excluding tert-OH is 4. The van der Waals surface area contributed by atoms with Crippen LogP contribution in [-0.2, 0) is 4.79 Å². The lowest BCUT2D eigenvalue weighted by atomic mass is 9.93. The molecule has 0 aliphatic heterocycles. The number of aliphatic hydroxyl groups is 4. The van der Waals surface area contributed by atoms with Crippen molar-refractivity contribution in [3.63, 3.8) is 0 Å². The molecule has 0 aliphatic carbocycles. The van der Waals surface area contributed by atoms with E-state index in [1.54, 1.807) is 0 Å². The molecule has 0 saturated heterocycles. The summed E-state index contributed by atoms with van der Waals surface area (Å²) in [4.78, 5) is 11.2. The normalized spacial score (nSPS) is 9.78. The number of carboxylic acids is 1. The highest BCUT2D eigenvalue weighted by Crippen LogP contribution is 2.11. The first-order chi connectivity index (χ1) is 8.24. The summed E-state index contributed by atoms with van der Waals surface area (Å²) in [7, 11) is 6.00. The van der Waals surface area contributed by atoms with E-state index in [4.69, 9.17) is 25.5 Å². The molecule has 0 amide bonds. The lowest BCUT2D eigenvalue weighted by Gasteiger charge is -2.23. The van der Waals surface area contributed by atoms with Gasteiger partial charge in [-0.05, 0) is 21.1 Å². The lowest BCUT2D eigenvalue weighted by Crippen LogP contribution is -2.37. The van der Waals surface area contributed by atoms with Crippen LogP contribution in [0.25, 0.3) is 0 Å². The van der Waals surface area contributed by atoms with E-state index in [1.807, 2.05) is 26.0 Å². The van der Waals surface area contributed by atoms with Gasteiger partial charge in [0, 0.05) is 6.08 Å². The fourth-order valence-electron chi connectivity index (χ4n) is 0.300. The second-order valence-electron chi connectivity index (χ2n) is 4.02. The highest BCUT2D eigenvalue weighted by molar-refractivity contribution is 5.78. The van der Waals surface area contributed by atoms with Crippen LogP contribution in [-0.4, -0.2) is 84.0 Å². The maximum absolute atomic E-state index is 9.25. The molecule has 0 saturated carbocycles. The number of carbonyl (C=O) groups is 1. The predicted octanol–water partition coefficient (Wildman–Crippen LogP) is -1.62. The van der Waals surface area contributed by atoms with Crippen LogP contribution in [0.4, 0.5) is 0 Å². The summed E-state index contributed by atoms with van der Waals surface area (Å²) in [5.74, 6) is -0.981. The first kappa shape index (κ1) is 22.2. The summed E-state index contributed by atoms with van der Waals surface area (Å²) in [6, 6.07) is 0. The van der Waals surface area contributed by atoms with E-state index in [9.17, 15) is 4.79 Å². The molecule has 5 N–H and O–H groups in total. The Bertz CT molecular complexity index is 183. The maximum atomic E-state index is 9.25. The van der Waals surface area contributed by atoms with Gasteiger partial charge in [-0.3, -0.25) is 0 Å². The summed E-state index contributed by atoms with van der Waals surface area (Å²) in [5, 5.41) is 41.6. The number of rotatable bonds is 5. The van der Waals surface area contributed by atoms with E-state index in [-0.39, 0.29) is 0 Å². The smallest absolute Gasteiger partial charge is 0.327 e. The SMILES string of the molecule is C=CC(=O)O.CN(C)C.OCC(CO)(CO)CO. The number of hydrogen-bond donors (Lipinski definition) is 5. The summed E-state index contributed by atoms with van der Waals surface area (Å²) in [6.45, 7) is 1.34. The van der Waals surface area contributed by atoms with E-state index in [0.717, 1.165) is 6.08 Å². The van der Waals surface area contributed by atoms with Gasteiger partial charge in [0.25, 0.3) is 0 Å². The van der Waals surface area contributed by atoms with Crippen LogP contribution in [0.15, 0.2) is 12.7 Å². The van der Waals surface area contributed by atoms with Gasteiger partial charge in [0.05, 0.1) is 31.8 Å². The van der Waals surface area contributed by atoms with Crippen molar-refractivity contribution in [2.45, 2.75) is 0 Å². The second kappa shape index (κ2) is 14.1. The topological polar surface area (TPSA) is 121 Å². The number of carboxylic acid groups (broad SMARTS) is 1. The molecule has 7 heteroatoms. The third-order valence-corrected chi connectivity index (χ3v) is 1.52. The summed E-state index contributed by atoms with van der Waals surface area (Å²) in [6.07, 6.45) is 0.833.